The van der Waals surface area contributed by atoms with Crippen LogP contribution in [0, 0.1) is 0 Å². The van der Waals surface area contributed by atoms with Crippen molar-refractivity contribution in [3.63, 3.8) is 0 Å². The van der Waals surface area contributed by atoms with Gasteiger partial charge in [0.05, 0.1) is 13.2 Å². The standard InChI is InChI=1S/C13H21NO5/c1-7-9(11(16)18-6)10(15)8(2)14-12(17)19-13(3,4)5/h7-8H,1-6H3,(H,14,17)/b9-7+/t8-/m0/s1. The molecule has 0 aromatic rings. The van der Waals surface area contributed by atoms with Gasteiger partial charge in [0.25, 0.3) is 0 Å². The summed E-state index contributed by atoms with van der Waals surface area (Å²) in [7, 11) is 1.19. The smallest absolute Gasteiger partial charge is 0.408 e. The first-order valence-electron chi connectivity index (χ1n) is 5.90. The number of allylic oxidation sites excluding steroid dienone is 1. The van der Waals surface area contributed by atoms with E-state index in [2.05, 4.69) is 10.1 Å². The molecule has 0 bridgehead atoms. The highest BCUT2D eigenvalue weighted by atomic mass is 16.6. The Balaban J connectivity index is 4.67. The first-order valence-corrected chi connectivity index (χ1v) is 5.90. The van der Waals surface area contributed by atoms with Crippen LogP contribution in [-0.2, 0) is 19.1 Å². The van der Waals surface area contributed by atoms with E-state index in [0.29, 0.717) is 0 Å². The lowest BCUT2D eigenvalue weighted by atomic mass is 10.1. The van der Waals surface area contributed by atoms with Crippen LogP contribution < -0.4 is 5.32 Å². The number of alkyl carbamates (subject to hydrolysis) is 1. The third-order valence-electron chi connectivity index (χ3n) is 2.09. The summed E-state index contributed by atoms with van der Waals surface area (Å²) < 4.78 is 9.51. The van der Waals surface area contributed by atoms with E-state index in [0.717, 1.165) is 0 Å². The maximum Gasteiger partial charge on any atom is 0.408 e. The molecule has 108 valence electrons. The van der Waals surface area contributed by atoms with Crippen molar-refractivity contribution in [2.24, 2.45) is 0 Å². The van der Waals surface area contributed by atoms with Gasteiger partial charge in [-0.3, -0.25) is 4.79 Å². The Morgan fingerprint density at radius 2 is 1.74 bits per heavy atom. The lowest BCUT2D eigenvalue weighted by Crippen LogP contribution is -2.43. The summed E-state index contributed by atoms with van der Waals surface area (Å²) in [6, 6.07) is -0.875. The first kappa shape index (κ1) is 17.2. The largest absolute Gasteiger partial charge is 0.465 e. The Kier molecular flexibility index (Phi) is 6.24. The van der Waals surface area contributed by atoms with Crippen LogP contribution >= 0.6 is 0 Å². The molecule has 6 heteroatoms. The molecule has 0 aromatic carbocycles. The van der Waals surface area contributed by atoms with Gasteiger partial charge >= 0.3 is 12.1 Å². The number of hydrogen-bond donors (Lipinski definition) is 1. The zero-order valence-electron chi connectivity index (χ0n) is 12.2. The van der Waals surface area contributed by atoms with E-state index in [-0.39, 0.29) is 5.57 Å². The summed E-state index contributed by atoms with van der Waals surface area (Å²) in [6.07, 6.45) is 0.634. The predicted molar refractivity (Wildman–Crippen MR) is 69.6 cm³/mol. The molecule has 0 saturated carbocycles. The van der Waals surface area contributed by atoms with Crippen molar-refractivity contribution in [2.75, 3.05) is 7.11 Å². The number of esters is 1. The Labute approximate surface area is 113 Å². The minimum atomic E-state index is -0.875. The van der Waals surface area contributed by atoms with Crippen molar-refractivity contribution in [3.8, 4) is 0 Å². The molecular weight excluding hydrogens is 250 g/mol. The molecule has 19 heavy (non-hydrogen) atoms. The number of methoxy groups -OCH3 is 1. The summed E-state index contributed by atoms with van der Waals surface area (Å²) in [5.41, 5.74) is -0.760. The van der Waals surface area contributed by atoms with Crippen LogP contribution in [0.2, 0.25) is 0 Å². The minimum absolute atomic E-state index is 0.106. The molecule has 0 unspecified atom stereocenters. The fraction of sp³-hybridized carbons (Fsp3) is 0.615. The molecule has 1 amide bonds. The summed E-state index contributed by atoms with van der Waals surface area (Å²) in [5.74, 6) is -1.26. The number of rotatable bonds is 4. The highest BCUT2D eigenvalue weighted by Crippen LogP contribution is 2.08. The monoisotopic (exact) mass is 271 g/mol. The molecule has 0 aliphatic rings. The normalized spacial score (nSPS) is 13.5. The molecule has 0 saturated heterocycles. The van der Waals surface area contributed by atoms with Crippen LogP contribution in [0.3, 0.4) is 0 Å². The molecular formula is C13H21NO5. The first-order chi connectivity index (χ1) is 8.62. The number of hydrogen-bond acceptors (Lipinski definition) is 5. The average Bonchev–Trinajstić information content (AvgIpc) is 2.26. The highest BCUT2D eigenvalue weighted by Gasteiger charge is 2.26. The van der Waals surface area contributed by atoms with Gasteiger partial charge < -0.3 is 14.8 Å². The van der Waals surface area contributed by atoms with E-state index in [9.17, 15) is 14.4 Å². The molecule has 1 N–H and O–H groups in total. The zero-order chi connectivity index (χ0) is 15.2. The van der Waals surface area contributed by atoms with Gasteiger partial charge in [0.1, 0.15) is 11.2 Å². The van der Waals surface area contributed by atoms with Crippen LogP contribution in [0.25, 0.3) is 0 Å². The van der Waals surface area contributed by atoms with Crippen molar-refractivity contribution >= 4 is 17.8 Å². The number of carbonyl (C=O) groups excluding carboxylic acids is 3. The molecule has 0 fully saturated rings. The molecule has 1 atom stereocenters. The van der Waals surface area contributed by atoms with Crippen LogP contribution in [-0.4, -0.2) is 36.6 Å². The summed E-state index contributed by atoms with van der Waals surface area (Å²) in [6.45, 7) is 8.16. The Morgan fingerprint density at radius 3 is 2.11 bits per heavy atom. The van der Waals surface area contributed by atoms with E-state index in [4.69, 9.17) is 4.74 Å². The molecule has 0 spiro atoms. The van der Waals surface area contributed by atoms with Gasteiger partial charge in [-0.1, -0.05) is 6.08 Å². The van der Waals surface area contributed by atoms with Gasteiger partial charge in [0.2, 0.25) is 0 Å². The Morgan fingerprint density at radius 1 is 1.21 bits per heavy atom. The van der Waals surface area contributed by atoms with Gasteiger partial charge in [-0.25, -0.2) is 9.59 Å². The second-order valence-corrected chi connectivity index (χ2v) is 4.93. The third-order valence-corrected chi connectivity index (χ3v) is 2.09. The molecule has 6 nitrogen and oxygen atoms in total. The number of Topliss-reactive ketones (excluding diaryl/α,β-unsaturated/α-hetero) is 1. The van der Waals surface area contributed by atoms with Crippen LogP contribution in [0.15, 0.2) is 11.6 Å². The fourth-order valence-corrected chi connectivity index (χ4v) is 1.25. The SMILES string of the molecule is C/C=C(/C(=O)OC)C(=O)[C@H](C)NC(=O)OC(C)(C)C. The van der Waals surface area contributed by atoms with E-state index in [1.54, 1.807) is 27.7 Å². The maximum atomic E-state index is 11.9. The molecule has 0 aromatic heterocycles. The van der Waals surface area contributed by atoms with Crippen LogP contribution in [0.1, 0.15) is 34.6 Å². The lowest BCUT2D eigenvalue weighted by molar-refractivity contribution is -0.138. The summed E-state index contributed by atoms with van der Waals surface area (Å²) in [5, 5.41) is 2.37. The predicted octanol–water partition coefficient (Wildman–Crippen LogP) is 1.59. The number of carbonyl (C=O) groups is 3. The fourth-order valence-electron chi connectivity index (χ4n) is 1.25. The van der Waals surface area contributed by atoms with Crippen molar-refractivity contribution in [3.05, 3.63) is 11.6 Å². The summed E-state index contributed by atoms with van der Waals surface area (Å²) in [4.78, 5) is 34.8. The number of ether oxygens (including phenoxy) is 2. The number of nitrogens with one attached hydrogen (secondary N) is 1. The second-order valence-electron chi connectivity index (χ2n) is 4.93. The quantitative estimate of drug-likeness (QED) is 0.363. The van der Waals surface area contributed by atoms with E-state index in [1.165, 1.54) is 20.1 Å². The van der Waals surface area contributed by atoms with Gasteiger partial charge in [-0.15, -0.1) is 0 Å². The van der Waals surface area contributed by atoms with Gasteiger partial charge in [-0.2, -0.15) is 0 Å². The molecule has 0 aliphatic heterocycles. The minimum Gasteiger partial charge on any atom is -0.465 e. The van der Waals surface area contributed by atoms with Gasteiger partial charge in [0.15, 0.2) is 5.78 Å². The zero-order valence-corrected chi connectivity index (χ0v) is 12.2. The summed E-state index contributed by atoms with van der Waals surface area (Å²) >= 11 is 0. The number of amides is 1. The van der Waals surface area contributed by atoms with Crippen molar-refractivity contribution in [1.29, 1.82) is 0 Å². The third kappa shape index (κ3) is 6.03. The Bertz CT molecular complexity index is 392. The van der Waals surface area contributed by atoms with Gasteiger partial charge in [0, 0.05) is 0 Å². The van der Waals surface area contributed by atoms with Crippen LogP contribution in [0.4, 0.5) is 4.79 Å². The number of ketones is 1. The molecule has 0 rings (SSSR count). The van der Waals surface area contributed by atoms with E-state index < -0.39 is 29.5 Å². The van der Waals surface area contributed by atoms with E-state index >= 15 is 0 Å². The molecule has 0 heterocycles. The topological polar surface area (TPSA) is 81.7 Å². The maximum absolute atomic E-state index is 11.9. The Hall–Kier alpha value is -1.85. The van der Waals surface area contributed by atoms with E-state index in [1.807, 2.05) is 0 Å². The van der Waals surface area contributed by atoms with Gasteiger partial charge in [-0.05, 0) is 34.6 Å². The molecule has 0 aliphatic carbocycles. The lowest BCUT2D eigenvalue weighted by Gasteiger charge is -2.21. The highest BCUT2D eigenvalue weighted by molar-refractivity contribution is 6.19. The van der Waals surface area contributed by atoms with Crippen LogP contribution in [0.5, 0.6) is 0 Å². The molecule has 0 radical (unpaired) electrons. The van der Waals surface area contributed by atoms with Crippen molar-refractivity contribution in [2.45, 2.75) is 46.3 Å². The van der Waals surface area contributed by atoms with Crippen molar-refractivity contribution < 1.29 is 23.9 Å². The van der Waals surface area contributed by atoms with Crippen molar-refractivity contribution in [1.82, 2.24) is 5.32 Å². The average molecular weight is 271 g/mol. The second kappa shape index (κ2) is 6.92.